The number of hydrazine groups is 1. The first kappa shape index (κ1) is 12.5. The van der Waals surface area contributed by atoms with Crippen LogP contribution >= 0.6 is 0 Å². The first-order valence-electron chi connectivity index (χ1n) is 5.97. The van der Waals surface area contributed by atoms with E-state index in [9.17, 15) is 0 Å². The van der Waals surface area contributed by atoms with Crippen LogP contribution < -0.4 is 16.6 Å². The molecule has 1 aromatic heterocycles. The van der Waals surface area contributed by atoms with E-state index in [2.05, 4.69) is 27.9 Å². The summed E-state index contributed by atoms with van der Waals surface area (Å²) in [7, 11) is 1.90. The van der Waals surface area contributed by atoms with Crippen molar-refractivity contribution in [2.75, 3.05) is 12.4 Å². The van der Waals surface area contributed by atoms with Gasteiger partial charge in [0.05, 0.1) is 6.04 Å². The molecule has 0 amide bonds. The number of benzene rings is 1. The van der Waals surface area contributed by atoms with Crippen LogP contribution in [0.15, 0.2) is 48.7 Å². The highest BCUT2D eigenvalue weighted by molar-refractivity contribution is 5.44. The summed E-state index contributed by atoms with van der Waals surface area (Å²) in [6, 6.07) is 14.2. The van der Waals surface area contributed by atoms with Crippen molar-refractivity contribution in [1.82, 2.24) is 10.4 Å². The van der Waals surface area contributed by atoms with E-state index < -0.39 is 0 Å². The zero-order chi connectivity index (χ0) is 12.8. The number of hydrogen-bond donors (Lipinski definition) is 3. The predicted octanol–water partition coefficient (Wildman–Crippen LogP) is 1.87. The Morgan fingerprint density at radius 1 is 1.17 bits per heavy atom. The Labute approximate surface area is 107 Å². The maximum Gasteiger partial charge on any atom is 0.0515 e. The number of pyridine rings is 1. The molecule has 2 aromatic rings. The van der Waals surface area contributed by atoms with Crippen molar-refractivity contribution in [3.8, 4) is 0 Å². The number of anilines is 1. The van der Waals surface area contributed by atoms with E-state index in [-0.39, 0.29) is 6.04 Å². The van der Waals surface area contributed by atoms with E-state index in [1.54, 1.807) is 6.20 Å². The molecule has 0 spiro atoms. The summed E-state index contributed by atoms with van der Waals surface area (Å²) >= 11 is 0. The molecule has 0 saturated carbocycles. The second kappa shape index (κ2) is 6.14. The molecule has 0 aliphatic heterocycles. The molecule has 18 heavy (non-hydrogen) atoms. The zero-order valence-electron chi connectivity index (χ0n) is 10.4. The van der Waals surface area contributed by atoms with Gasteiger partial charge in [-0.25, -0.2) is 0 Å². The van der Waals surface area contributed by atoms with Crippen LogP contribution in [0.1, 0.15) is 17.3 Å². The van der Waals surface area contributed by atoms with Gasteiger partial charge in [0, 0.05) is 31.0 Å². The van der Waals surface area contributed by atoms with E-state index in [4.69, 9.17) is 5.84 Å². The molecule has 0 aliphatic rings. The number of nitrogens with one attached hydrogen (secondary N) is 2. The maximum absolute atomic E-state index is 5.63. The molecule has 1 heterocycles. The Hall–Kier alpha value is -1.91. The zero-order valence-corrected chi connectivity index (χ0v) is 10.4. The second-order valence-electron chi connectivity index (χ2n) is 4.12. The van der Waals surface area contributed by atoms with Gasteiger partial charge in [-0.3, -0.25) is 16.3 Å². The minimum atomic E-state index is 0.0748. The SMILES string of the molecule is CNc1ccc(C(Cc2ccccn2)NN)cc1. The molecule has 4 N–H and O–H groups in total. The van der Waals surface area contributed by atoms with Crippen LogP contribution in [0.4, 0.5) is 5.69 Å². The monoisotopic (exact) mass is 242 g/mol. The molecule has 0 aliphatic carbocycles. The first-order valence-corrected chi connectivity index (χ1v) is 5.97. The van der Waals surface area contributed by atoms with Crippen LogP contribution in [0.5, 0.6) is 0 Å². The Morgan fingerprint density at radius 3 is 2.50 bits per heavy atom. The molecule has 4 heteroatoms. The average molecular weight is 242 g/mol. The van der Waals surface area contributed by atoms with Crippen LogP contribution in [-0.2, 0) is 6.42 Å². The largest absolute Gasteiger partial charge is 0.388 e. The lowest BCUT2D eigenvalue weighted by atomic mass is 10.0. The summed E-state index contributed by atoms with van der Waals surface area (Å²) in [5, 5.41) is 3.10. The Balaban J connectivity index is 2.12. The number of nitrogens with two attached hydrogens (primary N) is 1. The minimum absolute atomic E-state index is 0.0748. The molecule has 94 valence electrons. The van der Waals surface area contributed by atoms with Crippen LogP contribution in [0.2, 0.25) is 0 Å². The summed E-state index contributed by atoms with van der Waals surface area (Å²) in [6.45, 7) is 0. The molecule has 0 saturated heterocycles. The van der Waals surface area contributed by atoms with Crippen LogP contribution in [0.3, 0.4) is 0 Å². The summed E-state index contributed by atoms with van der Waals surface area (Å²) in [5.41, 5.74) is 6.11. The fraction of sp³-hybridized carbons (Fsp3) is 0.214. The molecule has 0 fully saturated rings. The molecular weight excluding hydrogens is 224 g/mol. The lowest BCUT2D eigenvalue weighted by Crippen LogP contribution is -2.29. The molecule has 1 unspecified atom stereocenters. The van der Waals surface area contributed by atoms with Crippen LogP contribution in [-0.4, -0.2) is 12.0 Å². The smallest absolute Gasteiger partial charge is 0.0515 e. The van der Waals surface area contributed by atoms with Gasteiger partial charge in [0.1, 0.15) is 0 Å². The van der Waals surface area contributed by atoms with Crippen LogP contribution in [0.25, 0.3) is 0 Å². The fourth-order valence-electron chi connectivity index (χ4n) is 1.88. The van der Waals surface area contributed by atoms with Crippen molar-refractivity contribution in [3.63, 3.8) is 0 Å². The van der Waals surface area contributed by atoms with Gasteiger partial charge in [-0.1, -0.05) is 18.2 Å². The molecular formula is C14H18N4. The van der Waals surface area contributed by atoms with Gasteiger partial charge in [0.2, 0.25) is 0 Å². The van der Waals surface area contributed by atoms with E-state index in [1.807, 2.05) is 37.4 Å². The predicted molar refractivity (Wildman–Crippen MR) is 74.0 cm³/mol. The van der Waals surface area contributed by atoms with Crippen molar-refractivity contribution in [3.05, 3.63) is 59.9 Å². The third-order valence-corrected chi connectivity index (χ3v) is 2.94. The quantitative estimate of drug-likeness (QED) is 0.553. The number of hydrogen-bond acceptors (Lipinski definition) is 4. The van der Waals surface area contributed by atoms with Crippen molar-refractivity contribution in [1.29, 1.82) is 0 Å². The van der Waals surface area contributed by atoms with E-state index >= 15 is 0 Å². The number of rotatable bonds is 5. The highest BCUT2D eigenvalue weighted by Crippen LogP contribution is 2.18. The van der Waals surface area contributed by atoms with Crippen molar-refractivity contribution < 1.29 is 0 Å². The second-order valence-corrected chi connectivity index (χ2v) is 4.12. The maximum atomic E-state index is 5.63. The highest BCUT2D eigenvalue weighted by atomic mass is 15.2. The van der Waals surface area contributed by atoms with Crippen LogP contribution in [0, 0.1) is 0 Å². The normalized spacial score (nSPS) is 12.1. The molecule has 1 aromatic carbocycles. The fourth-order valence-corrected chi connectivity index (χ4v) is 1.88. The molecule has 2 rings (SSSR count). The van der Waals surface area contributed by atoms with Gasteiger partial charge in [0.25, 0.3) is 0 Å². The molecule has 0 bridgehead atoms. The van der Waals surface area contributed by atoms with Gasteiger partial charge in [-0.15, -0.1) is 0 Å². The van der Waals surface area contributed by atoms with Crippen molar-refractivity contribution >= 4 is 5.69 Å². The molecule has 0 radical (unpaired) electrons. The Bertz CT molecular complexity index is 467. The molecule has 1 atom stereocenters. The summed E-state index contributed by atoms with van der Waals surface area (Å²) in [5.74, 6) is 5.63. The van der Waals surface area contributed by atoms with E-state index in [0.29, 0.717) is 0 Å². The third kappa shape index (κ3) is 3.06. The average Bonchev–Trinajstić information content (AvgIpc) is 2.46. The first-order chi connectivity index (χ1) is 8.83. The lowest BCUT2D eigenvalue weighted by molar-refractivity contribution is 0.546. The van der Waals surface area contributed by atoms with Crippen molar-refractivity contribution in [2.24, 2.45) is 5.84 Å². The standard InChI is InChI=1S/C14H18N4/c1-16-12-7-5-11(6-8-12)14(18-15)10-13-4-2-3-9-17-13/h2-9,14,16,18H,10,15H2,1H3. The van der Waals surface area contributed by atoms with Gasteiger partial charge in [-0.05, 0) is 29.8 Å². The van der Waals surface area contributed by atoms with Gasteiger partial charge in [0.15, 0.2) is 0 Å². The third-order valence-electron chi connectivity index (χ3n) is 2.94. The Kier molecular flexibility index (Phi) is 4.28. The lowest BCUT2D eigenvalue weighted by Gasteiger charge is -2.16. The number of aromatic nitrogens is 1. The van der Waals surface area contributed by atoms with Gasteiger partial charge >= 0.3 is 0 Å². The van der Waals surface area contributed by atoms with Gasteiger partial charge < -0.3 is 5.32 Å². The topological polar surface area (TPSA) is 63.0 Å². The summed E-state index contributed by atoms with van der Waals surface area (Å²) in [6.07, 6.45) is 2.57. The summed E-state index contributed by atoms with van der Waals surface area (Å²) < 4.78 is 0. The highest BCUT2D eigenvalue weighted by Gasteiger charge is 2.10. The minimum Gasteiger partial charge on any atom is -0.388 e. The number of nitrogens with zero attached hydrogens (tertiary/aromatic N) is 1. The van der Waals surface area contributed by atoms with Crippen molar-refractivity contribution in [2.45, 2.75) is 12.5 Å². The van der Waals surface area contributed by atoms with Gasteiger partial charge in [-0.2, -0.15) is 0 Å². The Morgan fingerprint density at radius 2 is 1.94 bits per heavy atom. The van der Waals surface area contributed by atoms with E-state index in [1.165, 1.54) is 0 Å². The molecule has 4 nitrogen and oxygen atoms in total. The van der Waals surface area contributed by atoms with E-state index in [0.717, 1.165) is 23.4 Å². The summed E-state index contributed by atoms with van der Waals surface area (Å²) in [4.78, 5) is 4.32.